The second kappa shape index (κ2) is 4.28. The fourth-order valence-corrected chi connectivity index (χ4v) is 1.92. The Labute approximate surface area is 92.2 Å². The molecule has 0 bridgehead atoms. The monoisotopic (exact) mass is 255 g/mol. The number of nitrogens with one attached hydrogen (secondary N) is 1. The van der Waals surface area contributed by atoms with Crippen molar-refractivity contribution < 1.29 is 0 Å². The highest BCUT2D eigenvalue weighted by molar-refractivity contribution is 9.10. The Morgan fingerprint density at radius 2 is 2.29 bits per heavy atom. The van der Waals surface area contributed by atoms with E-state index in [0.29, 0.717) is 6.04 Å². The fraction of sp³-hybridized carbons (Fsp3) is 0.500. The molecule has 0 unspecified atom stereocenters. The van der Waals surface area contributed by atoms with Crippen molar-refractivity contribution in [1.29, 1.82) is 0 Å². The molecule has 1 aliphatic rings. The number of nitrogens with two attached hydrogens (primary N) is 1. The van der Waals surface area contributed by atoms with Crippen LogP contribution in [0.3, 0.4) is 0 Å². The van der Waals surface area contributed by atoms with Crippen LogP contribution in [0.25, 0.3) is 0 Å². The van der Waals surface area contributed by atoms with Crippen LogP contribution < -0.4 is 11.1 Å². The van der Waals surface area contributed by atoms with Gasteiger partial charge in [0, 0.05) is 23.3 Å². The number of anilines is 1. The minimum Gasteiger partial charge on any atom is -0.370 e. The van der Waals surface area contributed by atoms with E-state index in [1.54, 1.807) is 6.20 Å². The molecule has 1 saturated carbocycles. The summed E-state index contributed by atoms with van der Waals surface area (Å²) in [6, 6.07) is 4.39. The van der Waals surface area contributed by atoms with Gasteiger partial charge in [0.2, 0.25) is 0 Å². The SMILES string of the molecule is NC1CC(CNc2ccc(Br)cn2)C1. The summed E-state index contributed by atoms with van der Waals surface area (Å²) < 4.78 is 1.01. The standard InChI is InChI=1S/C10H14BrN3/c11-8-1-2-10(14-6-8)13-5-7-3-9(12)4-7/h1-2,6-7,9H,3-5,12H2,(H,13,14). The Bertz CT molecular complexity index is 293. The van der Waals surface area contributed by atoms with Gasteiger partial charge in [-0.1, -0.05) is 0 Å². The lowest BCUT2D eigenvalue weighted by Gasteiger charge is -2.32. The smallest absolute Gasteiger partial charge is 0.125 e. The lowest BCUT2D eigenvalue weighted by atomic mass is 9.81. The van der Waals surface area contributed by atoms with Crippen molar-refractivity contribution in [1.82, 2.24) is 4.98 Å². The van der Waals surface area contributed by atoms with Gasteiger partial charge in [0.25, 0.3) is 0 Å². The predicted octanol–water partition coefficient (Wildman–Crippen LogP) is 1.99. The quantitative estimate of drug-likeness (QED) is 0.869. The van der Waals surface area contributed by atoms with Gasteiger partial charge in [0.15, 0.2) is 0 Å². The van der Waals surface area contributed by atoms with E-state index >= 15 is 0 Å². The zero-order valence-corrected chi connectivity index (χ0v) is 9.50. The molecule has 0 spiro atoms. The van der Waals surface area contributed by atoms with Crippen LogP contribution in [0, 0.1) is 5.92 Å². The summed E-state index contributed by atoms with van der Waals surface area (Å²) in [6.45, 7) is 0.988. The highest BCUT2D eigenvalue weighted by Crippen LogP contribution is 2.25. The first-order valence-corrected chi connectivity index (χ1v) is 5.64. The molecule has 1 fully saturated rings. The number of nitrogens with zero attached hydrogens (tertiary/aromatic N) is 1. The number of aromatic nitrogens is 1. The van der Waals surface area contributed by atoms with E-state index in [-0.39, 0.29) is 0 Å². The van der Waals surface area contributed by atoms with Gasteiger partial charge in [-0.2, -0.15) is 0 Å². The zero-order valence-electron chi connectivity index (χ0n) is 7.91. The molecule has 1 aromatic rings. The third-order valence-electron chi connectivity index (χ3n) is 2.57. The first-order chi connectivity index (χ1) is 6.74. The summed E-state index contributed by atoms with van der Waals surface area (Å²) in [5.74, 6) is 1.67. The summed E-state index contributed by atoms with van der Waals surface area (Å²) in [5, 5.41) is 3.31. The van der Waals surface area contributed by atoms with Crippen LogP contribution in [-0.2, 0) is 0 Å². The highest BCUT2D eigenvalue weighted by atomic mass is 79.9. The van der Waals surface area contributed by atoms with Gasteiger partial charge in [-0.15, -0.1) is 0 Å². The van der Waals surface area contributed by atoms with E-state index in [9.17, 15) is 0 Å². The summed E-state index contributed by atoms with van der Waals surface area (Å²) >= 11 is 3.35. The highest BCUT2D eigenvalue weighted by Gasteiger charge is 2.25. The molecule has 0 saturated heterocycles. The van der Waals surface area contributed by atoms with E-state index in [2.05, 4.69) is 26.2 Å². The molecule has 0 atom stereocenters. The molecule has 76 valence electrons. The van der Waals surface area contributed by atoms with E-state index in [0.717, 1.165) is 35.6 Å². The second-order valence-electron chi connectivity index (χ2n) is 3.84. The van der Waals surface area contributed by atoms with Crippen molar-refractivity contribution in [3.05, 3.63) is 22.8 Å². The molecule has 0 amide bonds. The molecule has 1 aromatic heterocycles. The third-order valence-corrected chi connectivity index (χ3v) is 3.04. The van der Waals surface area contributed by atoms with Gasteiger partial charge in [-0.25, -0.2) is 4.98 Å². The summed E-state index contributed by atoms with van der Waals surface area (Å²) in [5.41, 5.74) is 5.71. The molecule has 1 aliphatic carbocycles. The molecule has 3 nitrogen and oxygen atoms in total. The maximum atomic E-state index is 5.71. The predicted molar refractivity (Wildman–Crippen MR) is 61.1 cm³/mol. The lowest BCUT2D eigenvalue weighted by molar-refractivity contribution is 0.280. The van der Waals surface area contributed by atoms with Gasteiger partial charge < -0.3 is 11.1 Å². The first-order valence-electron chi connectivity index (χ1n) is 4.85. The van der Waals surface area contributed by atoms with Crippen LogP contribution in [-0.4, -0.2) is 17.6 Å². The Morgan fingerprint density at radius 1 is 1.50 bits per heavy atom. The van der Waals surface area contributed by atoms with Gasteiger partial charge in [0.1, 0.15) is 5.82 Å². The molecular formula is C10H14BrN3. The summed E-state index contributed by atoms with van der Waals surface area (Å²) in [4.78, 5) is 4.24. The number of pyridine rings is 1. The van der Waals surface area contributed by atoms with Crippen LogP contribution in [0.15, 0.2) is 22.8 Å². The molecule has 0 radical (unpaired) electrons. The Hall–Kier alpha value is -0.610. The summed E-state index contributed by atoms with van der Waals surface area (Å²) in [6.07, 6.45) is 4.09. The number of rotatable bonds is 3. The van der Waals surface area contributed by atoms with E-state index in [4.69, 9.17) is 5.73 Å². The van der Waals surface area contributed by atoms with Crippen molar-refractivity contribution in [3.63, 3.8) is 0 Å². The first kappa shape index (κ1) is 9.93. The Kier molecular flexibility index (Phi) is 3.03. The van der Waals surface area contributed by atoms with Gasteiger partial charge in [0.05, 0.1) is 0 Å². The number of hydrogen-bond donors (Lipinski definition) is 2. The van der Waals surface area contributed by atoms with Crippen molar-refractivity contribution >= 4 is 21.7 Å². The van der Waals surface area contributed by atoms with Gasteiger partial charge in [-0.05, 0) is 46.8 Å². The minimum atomic E-state index is 0.430. The molecule has 3 N–H and O–H groups in total. The maximum Gasteiger partial charge on any atom is 0.125 e. The Balaban J connectivity index is 1.78. The van der Waals surface area contributed by atoms with Crippen LogP contribution >= 0.6 is 15.9 Å². The molecular weight excluding hydrogens is 242 g/mol. The van der Waals surface area contributed by atoms with Crippen LogP contribution in [0.4, 0.5) is 5.82 Å². The topological polar surface area (TPSA) is 50.9 Å². The van der Waals surface area contributed by atoms with E-state index < -0.39 is 0 Å². The van der Waals surface area contributed by atoms with Gasteiger partial charge >= 0.3 is 0 Å². The zero-order chi connectivity index (χ0) is 9.97. The molecule has 2 rings (SSSR count). The third kappa shape index (κ3) is 2.45. The molecule has 4 heteroatoms. The fourth-order valence-electron chi connectivity index (χ4n) is 1.68. The number of halogens is 1. The molecule has 0 aliphatic heterocycles. The molecule has 1 heterocycles. The summed E-state index contributed by atoms with van der Waals surface area (Å²) in [7, 11) is 0. The van der Waals surface area contributed by atoms with E-state index in [1.807, 2.05) is 12.1 Å². The van der Waals surface area contributed by atoms with Crippen molar-refractivity contribution in [2.75, 3.05) is 11.9 Å². The van der Waals surface area contributed by atoms with Crippen LogP contribution in [0.5, 0.6) is 0 Å². The van der Waals surface area contributed by atoms with Crippen LogP contribution in [0.1, 0.15) is 12.8 Å². The second-order valence-corrected chi connectivity index (χ2v) is 4.76. The largest absolute Gasteiger partial charge is 0.370 e. The lowest BCUT2D eigenvalue weighted by Crippen LogP contribution is -2.39. The molecule has 0 aromatic carbocycles. The van der Waals surface area contributed by atoms with Crippen molar-refractivity contribution in [2.45, 2.75) is 18.9 Å². The van der Waals surface area contributed by atoms with Gasteiger partial charge in [-0.3, -0.25) is 0 Å². The van der Waals surface area contributed by atoms with E-state index in [1.165, 1.54) is 0 Å². The Morgan fingerprint density at radius 3 is 2.86 bits per heavy atom. The van der Waals surface area contributed by atoms with Crippen molar-refractivity contribution in [2.24, 2.45) is 11.7 Å². The average molecular weight is 256 g/mol. The normalized spacial score (nSPS) is 25.6. The average Bonchev–Trinajstić information content (AvgIpc) is 2.13. The van der Waals surface area contributed by atoms with Crippen molar-refractivity contribution in [3.8, 4) is 0 Å². The molecule has 14 heavy (non-hydrogen) atoms. The maximum absolute atomic E-state index is 5.71. The number of hydrogen-bond acceptors (Lipinski definition) is 3. The minimum absolute atomic E-state index is 0.430. The van der Waals surface area contributed by atoms with Crippen LogP contribution in [0.2, 0.25) is 0 Å².